The number of carbonyl (C=O) groups is 1. The second kappa shape index (κ2) is 6.10. The average molecular weight is 284 g/mol. The van der Waals surface area contributed by atoms with Gasteiger partial charge in [0, 0.05) is 43.0 Å². The molecule has 3 rings (SSSR count). The van der Waals surface area contributed by atoms with Gasteiger partial charge in [-0.2, -0.15) is 5.10 Å². The Bertz CT molecular complexity index is 635. The van der Waals surface area contributed by atoms with Gasteiger partial charge in [0.1, 0.15) is 0 Å². The Morgan fingerprint density at radius 3 is 3.00 bits per heavy atom. The fraction of sp³-hybridized carbons (Fsp3) is 0.375. The van der Waals surface area contributed by atoms with Crippen molar-refractivity contribution in [3.8, 4) is 0 Å². The van der Waals surface area contributed by atoms with E-state index in [1.807, 2.05) is 30.2 Å². The number of nitrogens with zero attached hydrogens (tertiary/aromatic N) is 2. The zero-order valence-electron chi connectivity index (χ0n) is 12.2. The van der Waals surface area contributed by atoms with Crippen LogP contribution in [-0.2, 0) is 17.9 Å². The topological polar surface area (TPSA) is 61.0 Å². The Balaban J connectivity index is 1.61. The van der Waals surface area contributed by atoms with Crippen molar-refractivity contribution in [3.05, 3.63) is 47.3 Å². The van der Waals surface area contributed by atoms with E-state index in [9.17, 15) is 4.79 Å². The number of H-pyrrole nitrogens is 1. The summed E-state index contributed by atoms with van der Waals surface area (Å²) < 4.78 is 0. The summed E-state index contributed by atoms with van der Waals surface area (Å²) in [5.41, 5.74) is 4.48. The second-order valence-electron chi connectivity index (χ2n) is 5.44. The zero-order valence-corrected chi connectivity index (χ0v) is 12.2. The first-order chi connectivity index (χ1) is 10.2. The van der Waals surface area contributed by atoms with Crippen LogP contribution in [0.2, 0.25) is 0 Å². The minimum atomic E-state index is 0.231. The van der Waals surface area contributed by atoms with Gasteiger partial charge in [-0.3, -0.25) is 9.89 Å². The first kappa shape index (κ1) is 13.8. The van der Waals surface area contributed by atoms with Crippen LogP contribution in [0.4, 0.5) is 5.69 Å². The molecule has 5 heteroatoms. The highest BCUT2D eigenvalue weighted by Gasteiger charge is 2.21. The number of aryl methyl sites for hydroxylation is 1. The molecule has 2 aromatic rings. The SMILES string of the molecule is Cc1[nH]ncc1CNCc1cccc(N2CCCC2=O)c1. The second-order valence-corrected chi connectivity index (χ2v) is 5.44. The first-order valence-electron chi connectivity index (χ1n) is 7.33. The molecule has 21 heavy (non-hydrogen) atoms. The molecule has 0 aliphatic carbocycles. The van der Waals surface area contributed by atoms with E-state index in [2.05, 4.69) is 27.6 Å². The van der Waals surface area contributed by atoms with E-state index in [0.717, 1.165) is 37.4 Å². The van der Waals surface area contributed by atoms with Gasteiger partial charge in [0.2, 0.25) is 5.91 Å². The lowest BCUT2D eigenvalue weighted by atomic mass is 10.2. The van der Waals surface area contributed by atoms with Crippen LogP contribution >= 0.6 is 0 Å². The van der Waals surface area contributed by atoms with Crippen LogP contribution in [0.15, 0.2) is 30.5 Å². The van der Waals surface area contributed by atoms with Crippen molar-refractivity contribution in [1.29, 1.82) is 0 Å². The highest BCUT2D eigenvalue weighted by molar-refractivity contribution is 5.95. The maximum Gasteiger partial charge on any atom is 0.227 e. The van der Waals surface area contributed by atoms with E-state index in [-0.39, 0.29) is 5.91 Å². The van der Waals surface area contributed by atoms with Gasteiger partial charge < -0.3 is 10.2 Å². The van der Waals surface area contributed by atoms with Gasteiger partial charge in [0.25, 0.3) is 0 Å². The minimum absolute atomic E-state index is 0.231. The molecule has 1 aliphatic rings. The average Bonchev–Trinajstić information content (AvgIpc) is 3.08. The maximum absolute atomic E-state index is 11.8. The summed E-state index contributed by atoms with van der Waals surface area (Å²) in [7, 11) is 0. The van der Waals surface area contributed by atoms with E-state index in [1.54, 1.807) is 0 Å². The number of aromatic nitrogens is 2. The third kappa shape index (κ3) is 3.13. The van der Waals surface area contributed by atoms with Gasteiger partial charge in [-0.25, -0.2) is 0 Å². The van der Waals surface area contributed by atoms with Crippen molar-refractivity contribution in [2.24, 2.45) is 0 Å². The van der Waals surface area contributed by atoms with Crippen LogP contribution in [0.5, 0.6) is 0 Å². The molecule has 5 nitrogen and oxygen atoms in total. The number of carbonyl (C=O) groups excluding carboxylic acids is 1. The van der Waals surface area contributed by atoms with Gasteiger partial charge in [0.15, 0.2) is 0 Å². The summed E-state index contributed by atoms with van der Waals surface area (Å²) in [6.07, 6.45) is 3.48. The smallest absolute Gasteiger partial charge is 0.227 e. The molecule has 0 bridgehead atoms. The van der Waals surface area contributed by atoms with Crippen LogP contribution in [-0.4, -0.2) is 22.6 Å². The van der Waals surface area contributed by atoms with Gasteiger partial charge in [-0.15, -0.1) is 0 Å². The zero-order chi connectivity index (χ0) is 14.7. The molecule has 0 saturated carbocycles. The molecule has 0 spiro atoms. The van der Waals surface area contributed by atoms with E-state index in [0.29, 0.717) is 6.42 Å². The van der Waals surface area contributed by atoms with Crippen molar-refractivity contribution in [1.82, 2.24) is 15.5 Å². The number of aromatic amines is 1. The predicted octanol–water partition coefficient (Wildman–Crippen LogP) is 2.13. The molecular formula is C16H20N4O. The quantitative estimate of drug-likeness (QED) is 0.884. The van der Waals surface area contributed by atoms with Crippen molar-refractivity contribution in [2.45, 2.75) is 32.9 Å². The van der Waals surface area contributed by atoms with E-state index < -0.39 is 0 Å². The molecule has 1 aliphatic heterocycles. The van der Waals surface area contributed by atoms with Gasteiger partial charge in [-0.05, 0) is 31.0 Å². The first-order valence-corrected chi connectivity index (χ1v) is 7.33. The Morgan fingerprint density at radius 2 is 2.29 bits per heavy atom. The lowest BCUT2D eigenvalue weighted by molar-refractivity contribution is -0.117. The summed E-state index contributed by atoms with van der Waals surface area (Å²) in [6, 6.07) is 8.20. The number of rotatable bonds is 5. The molecule has 1 fully saturated rings. The van der Waals surface area contributed by atoms with Crippen molar-refractivity contribution in [2.75, 3.05) is 11.4 Å². The van der Waals surface area contributed by atoms with E-state index in [4.69, 9.17) is 0 Å². The molecule has 1 saturated heterocycles. The van der Waals surface area contributed by atoms with Crippen molar-refractivity contribution >= 4 is 11.6 Å². The Kier molecular flexibility index (Phi) is 4.01. The normalized spacial score (nSPS) is 14.9. The molecule has 2 heterocycles. The number of nitrogens with one attached hydrogen (secondary N) is 2. The van der Waals surface area contributed by atoms with Crippen LogP contribution in [0, 0.1) is 6.92 Å². The van der Waals surface area contributed by atoms with Gasteiger partial charge in [-0.1, -0.05) is 12.1 Å². The molecule has 1 aromatic carbocycles. The van der Waals surface area contributed by atoms with Crippen LogP contribution in [0.3, 0.4) is 0 Å². The number of anilines is 1. The molecule has 110 valence electrons. The summed E-state index contributed by atoms with van der Waals surface area (Å²) in [5, 5.41) is 10.4. The number of benzene rings is 1. The third-order valence-corrected chi connectivity index (χ3v) is 3.87. The van der Waals surface area contributed by atoms with Gasteiger partial charge >= 0.3 is 0 Å². The molecule has 0 unspecified atom stereocenters. The Labute approximate surface area is 124 Å². The molecule has 1 aromatic heterocycles. The monoisotopic (exact) mass is 284 g/mol. The highest BCUT2D eigenvalue weighted by atomic mass is 16.2. The number of hydrogen-bond acceptors (Lipinski definition) is 3. The van der Waals surface area contributed by atoms with E-state index in [1.165, 1.54) is 11.1 Å². The van der Waals surface area contributed by atoms with Crippen LogP contribution in [0.1, 0.15) is 29.7 Å². The highest BCUT2D eigenvalue weighted by Crippen LogP contribution is 2.22. The largest absolute Gasteiger partial charge is 0.312 e. The number of hydrogen-bond donors (Lipinski definition) is 2. The van der Waals surface area contributed by atoms with Crippen molar-refractivity contribution < 1.29 is 4.79 Å². The third-order valence-electron chi connectivity index (χ3n) is 3.87. The number of amides is 1. The molecule has 0 radical (unpaired) electrons. The lowest BCUT2D eigenvalue weighted by Crippen LogP contribution is -2.23. The molecule has 1 amide bonds. The van der Waals surface area contributed by atoms with E-state index >= 15 is 0 Å². The summed E-state index contributed by atoms with van der Waals surface area (Å²) in [4.78, 5) is 13.7. The summed E-state index contributed by atoms with van der Waals surface area (Å²) in [5.74, 6) is 0.231. The predicted molar refractivity (Wildman–Crippen MR) is 81.9 cm³/mol. The summed E-state index contributed by atoms with van der Waals surface area (Å²) >= 11 is 0. The van der Waals surface area contributed by atoms with Crippen molar-refractivity contribution in [3.63, 3.8) is 0 Å². The fourth-order valence-electron chi connectivity index (χ4n) is 2.65. The minimum Gasteiger partial charge on any atom is -0.312 e. The van der Waals surface area contributed by atoms with Crippen LogP contribution in [0.25, 0.3) is 0 Å². The standard InChI is InChI=1S/C16H20N4O/c1-12-14(11-18-19-12)10-17-9-13-4-2-5-15(8-13)20-7-3-6-16(20)21/h2,4-5,8,11,17H,3,6-7,9-10H2,1H3,(H,18,19). The summed E-state index contributed by atoms with van der Waals surface area (Å²) in [6.45, 7) is 4.42. The Morgan fingerprint density at radius 1 is 1.38 bits per heavy atom. The van der Waals surface area contributed by atoms with Crippen LogP contribution < -0.4 is 10.2 Å². The molecule has 2 N–H and O–H groups in total. The van der Waals surface area contributed by atoms with Gasteiger partial charge in [0.05, 0.1) is 6.20 Å². The molecular weight excluding hydrogens is 264 g/mol. The maximum atomic E-state index is 11.8. The lowest BCUT2D eigenvalue weighted by Gasteiger charge is -2.16. The Hall–Kier alpha value is -2.14. The fourth-order valence-corrected chi connectivity index (χ4v) is 2.65. The molecule has 0 atom stereocenters.